The van der Waals surface area contributed by atoms with Crippen LogP contribution in [0.1, 0.15) is 30.4 Å². The molecular weight excluding hydrogens is 302 g/mol. The molecule has 1 saturated carbocycles. The maximum absolute atomic E-state index is 6.14. The quantitative estimate of drug-likeness (QED) is 0.864. The maximum Gasteiger partial charge on any atom is 0.192 e. The molecule has 1 aromatic carbocycles. The summed E-state index contributed by atoms with van der Waals surface area (Å²) in [5.74, 6) is 0.781. The Balaban J connectivity index is 1.69. The summed E-state index contributed by atoms with van der Waals surface area (Å²) in [6.45, 7) is 0.880. The minimum atomic E-state index is 0.173. The van der Waals surface area contributed by atoms with E-state index in [1.807, 2.05) is 0 Å². The van der Waals surface area contributed by atoms with Gasteiger partial charge in [0.05, 0.1) is 12.1 Å². The van der Waals surface area contributed by atoms with Crippen LogP contribution < -0.4 is 5.73 Å². The molecule has 2 N–H and O–H groups in total. The van der Waals surface area contributed by atoms with Gasteiger partial charge in [0.25, 0.3) is 0 Å². The minimum Gasteiger partial charge on any atom is -0.370 e. The van der Waals surface area contributed by atoms with Crippen LogP contribution in [-0.2, 0) is 12.8 Å². The molecule has 3 nitrogen and oxygen atoms in total. The van der Waals surface area contributed by atoms with Crippen molar-refractivity contribution in [2.45, 2.75) is 43.7 Å². The number of nitrogens with zero attached hydrogens (tertiary/aromatic N) is 2. The second-order valence-electron chi connectivity index (χ2n) is 6.09. The highest BCUT2D eigenvalue weighted by atomic mass is 79.9. The van der Waals surface area contributed by atoms with Crippen LogP contribution in [0.5, 0.6) is 0 Å². The lowest BCUT2D eigenvalue weighted by Crippen LogP contribution is -2.55. The zero-order valence-electron chi connectivity index (χ0n) is 10.9. The number of rotatable bonds is 1. The van der Waals surface area contributed by atoms with Gasteiger partial charge in [0.15, 0.2) is 5.96 Å². The van der Waals surface area contributed by atoms with Gasteiger partial charge in [-0.2, -0.15) is 0 Å². The Kier molecular flexibility index (Phi) is 2.47. The third-order valence-electron chi connectivity index (χ3n) is 4.75. The largest absolute Gasteiger partial charge is 0.370 e. The fourth-order valence-electron chi connectivity index (χ4n) is 3.68. The van der Waals surface area contributed by atoms with E-state index in [0.29, 0.717) is 6.04 Å². The summed E-state index contributed by atoms with van der Waals surface area (Å²) >= 11 is 3.57. The van der Waals surface area contributed by atoms with Gasteiger partial charge in [-0.25, -0.2) is 0 Å². The van der Waals surface area contributed by atoms with E-state index in [9.17, 15) is 0 Å². The molecule has 1 fully saturated rings. The molecule has 0 radical (unpaired) electrons. The van der Waals surface area contributed by atoms with Crippen molar-refractivity contribution in [1.29, 1.82) is 0 Å². The summed E-state index contributed by atoms with van der Waals surface area (Å²) in [6.07, 6.45) is 5.98. The van der Waals surface area contributed by atoms with Crippen molar-refractivity contribution >= 4 is 21.9 Å². The Hall–Kier alpha value is -1.03. The lowest BCUT2D eigenvalue weighted by molar-refractivity contribution is 0.169. The van der Waals surface area contributed by atoms with E-state index in [4.69, 9.17) is 5.73 Å². The molecule has 19 heavy (non-hydrogen) atoms. The summed E-state index contributed by atoms with van der Waals surface area (Å²) in [6, 6.07) is 7.34. The van der Waals surface area contributed by atoms with Crippen molar-refractivity contribution < 1.29 is 0 Å². The van der Waals surface area contributed by atoms with Gasteiger partial charge in [0, 0.05) is 10.5 Å². The van der Waals surface area contributed by atoms with Gasteiger partial charge >= 0.3 is 0 Å². The summed E-state index contributed by atoms with van der Waals surface area (Å²) in [5, 5.41) is 0. The molecule has 1 aromatic rings. The Morgan fingerprint density at radius 1 is 1.32 bits per heavy atom. The molecule has 4 rings (SSSR count). The normalized spacial score (nSPS) is 29.5. The van der Waals surface area contributed by atoms with Crippen LogP contribution in [0.4, 0.5) is 0 Å². The molecule has 1 heterocycles. The number of aryl methyl sites for hydroxylation is 1. The fraction of sp³-hybridized carbons (Fsp3) is 0.533. The third kappa shape index (κ3) is 1.80. The van der Waals surface area contributed by atoms with E-state index < -0.39 is 0 Å². The monoisotopic (exact) mass is 319 g/mol. The first-order valence-electron chi connectivity index (χ1n) is 7.05. The molecule has 100 valence electrons. The zero-order chi connectivity index (χ0) is 13.0. The van der Waals surface area contributed by atoms with Crippen molar-refractivity contribution in [2.75, 3.05) is 6.54 Å². The van der Waals surface area contributed by atoms with Crippen LogP contribution in [0.2, 0.25) is 0 Å². The molecule has 0 aromatic heterocycles. The Labute approximate surface area is 122 Å². The number of guanidine groups is 1. The van der Waals surface area contributed by atoms with Crippen LogP contribution in [-0.4, -0.2) is 29.0 Å². The average molecular weight is 320 g/mol. The first-order chi connectivity index (χ1) is 9.18. The molecule has 0 saturated heterocycles. The molecule has 1 spiro atoms. The molecule has 0 amide bonds. The van der Waals surface area contributed by atoms with E-state index in [2.05, 4.69) is 44.0 Å². The number of aliphatic imine (C=N–C) groups is 1. The van der Waals surface area contributed by atoms with Gasteiger partial charge < -0.3 is 10.6 Å². The van der Waals surface area contributed by atoms with Crippen molar-refractivity contribution in [3.63, 3.8) is 0 Å². The topological polar surface area (TPSA) is 41.6 Å². The molecule has 1 atom stereocenters. The highest BCUT2D eigenvalue weighted by Gasteiger charge is 2.49. The number of hydrogen-bond acceptors (Lipinski definition) is 3. The lowest BCUT2D eigenvalue weighted by Gasteiger charge is -2.43. The van der Waals surface area contributed by atoms with Gasteiger partial charge in [0.1, 0.15) is 0 Å². The average Bonchev–Trinajstić information content (AvgIpc) is 3.17. The van der Waals surface area contributed by atoms with Crippen LogP contribution in [0.25, 0.3) is 0 Å². The number of fused-ring (bicyclic) bond motifs is 1. The number of halogens is 1. The van der Waals surface area contributed by atoms with E-state index in [1.165, 1.54) is 34.9 Å². The van der Waals surface area contributed by atoms with Gasteiger partial charge in [-0.05, 0) is 55.4 Å². The number of hydrogen-bond donors (Lipinski definition) is 1. The Morgan fingerprint density at radius 3 is 2.95 bits per heavy atom. The molecular formula is C15H18BrN3. The van der Waals surface area contributed by atoms with Crippen LogP contribution in [0.15, 0.2) is 27.7 Å². The SMILES string of the molecule is NC1=NCC2(CCc3cc(Br)ccc3C2)N1C1CC1. The van der Waals surface area contributed by atoms with Gasteiger partial charge in [-0.3, -0.25) is 4.99 Å². The van der Waals surface area contributed by atoms with Gasteiger partial charge in [-0.1, -0.05) is 22.0 Å². The smallest absolute Gasteiger partial charge is 0.192 e. The van der Waals surface area contributed by atoms with Gasteiger partial charge in [0.2, 0.25) is 0 Å². The number of benzene rings is 1. The first-order valence-corrected chi connectivity index (χ1v) is 7.84. The van der Waals surface area contributed by atoms with E-state index in [-0.39, 0.29) is 5.54 Å². The van der Waals surface area contributed by atoms with Crippen molar-refractivity contribution in [1.82, 2.24) is 4.90 Å². The Morgan fingerprint density at radius 2 is 2.16 bits per heavy atom. The summed E-state index contributed by atoms with van der Waals surface area (Å²) < 4.78 is 1.18. The predicted octanol–water partition coefficient (Wildman–Crippen LogP) is 2.47. The van der Waals surface area contributed by atoms with E-state index in [0.717, 1.165) is 25.3 Å². The molecule has 1 aliphatic heterocycles. The zero-order valence-corrected chi connectivity index (χ0v) is 12.5. The highest BCUT2D eigenvalue weighted by molar-refractivity contribution is 9.10. The third-order valence-corrected chi connectivity index (χ3v) is 5.25. The fourth-order valence-corrected chi connectivity index (χ4v) is 4.09. The summed E-state index contributed by atoms with van der Waals surface area (Å²) in [7, 11) is 0. The van der Waals surface area contributed by atoms with Crippen molar-refractivity contribution in [3.8, 4) is 0 Å². The van der Waals surface area contributed by atoms with Crippen LogP contribution in [0.3, 0.4) is 0 Å². The molecule has 2 aliphatic carbocycles. The second-order valence-corrected chi connectivity index (χ2v) is 7.01. The van der Waals surface area contributed by atoms with Crippen LogP contribution >= 0.6 is 15.9 Å². The summed E-state index contributed by atoms with van der Waals surface area (Å²) in [5.41, 5.74) is 9.27. The van der Waals surface area contributed by atoms with Crippen molar-refractivity contribution in [2.24, 2.45) is 10.7 Å². The maximum atomic E-state index is 6.14. The first kappa shape index (κ1) is 11.8. The lowest BCUT2D eigenvalue weighted by atomic mass is 9.77. The minimum absolute atomic E-state index is 0.173. The number of nitrogens with two attached hydrogens (primary N) is 1. The molecule has 3 aliphatic rings. The van der Waals surface area contributed by atoms with Crippen LogP contribution in [0, 0.1) is 0 Å². The second kappa shape index (κ2) is 3.98. The standard InChI is InChI=1S/C15H18BrN3/c16-12-2-1-11-8-15(6-5-10(11)7-12)9-18-14(17)19(15)13-3-4-13/h1-2,7,13H,3-6,8-9H2,(H2,17,18). The summed E-state index contributed by atoms with van der Waals surface area (Å²) in [4.78, 5) is 7.00. The van der Waals surface area contributed by atoms with Gasteiger partial charge in [-0.15, -0.1) is 0 Å². The van der Waals surface area contributed by atoms with Crippen molar-refractivity contribution in [3.05, 3.63) is 33.8 Å². The predicted molar refractivity (Wildman–Crippen MR) is 80.2 cm³/mol. The highest BCUT2D eigenvalue weighted by Crippen LogP contribution is 2.42. The Bertz CT molecular complexity index is 565. The van der Waals surface area contributed by atoms with E-state index >= 15 is 0 Å². The molecule has 4 heteroatoms. The molecule has 0 bridgehead atoms. The molecule has 1 unspecified atom stereocenters. The van der Waals surface area contributed by atoms with E-state index in [1.54, 1.807) is 0 Å².